The van der Waals surface area contributed by atoms with Crippen LogP contribution in [0, 0.1) is 0 Å². The number of benzene rings is 4. The van der Waals surface area contributed by atoms with Crippen molar-refractivity contribution in [3.63, 3.8) is 0 Å². The number of nitrogens with one attached hydrogen (secondary N) is 2. The van der Waals surface area contributed by atoms with E-state index < -0.39 is 33.8 Å². The van der Waals surface area contributed by atoms with Crippen LogP contribution in [0.25, 0.3) is 10.8 Å². The molecule has 4 rings (SSSR count). The highest BCUT2D eigenvalue weighted by molar-refractivity contribution is 7.92. The molecule has 0 saturated heterocycles. The Kier molecular flexibility index (Phi) is 7.40. The lowest BCUT2D eigenvalue weighted by Gasteiger charge is -2.18. The predicted molar refractivity (Wildman–Crippen MR) is 136 cm³/mol. The highest BCUT2D eigenvalue weighted by Crippen LogP contribution is 2.31. The van der Waals surface area contributed by atoms with Gasteiger partial charge in [-0.2, -0.15) is 13.2 Å². The second kappa shape index (κ2) is 10.5. The first-order valence-corrected chi connectivity index (χ1v) is 12.8. The molecule has 0 unspecified atom stereocenters. The van der Waals surface area contributed by atoms with Crippen LogP contribution in [0.2, 0.25) is 0 Å². The van der Waals surface area contributed by atoms with Crippen LogP contribution >= 0.6 is 0 Å². The standard InChI is InChI=1S/C27H23F3N2O4S/c1-2-24(36-25-12-5-8-18-7-3-4-11-23(18)25)26(33)31-20-13-15-22(16-14-20)37(34,35)32-21-10-6-9-19(17-21)27(28,29)30/h3-17,24,32H,2H2,1H3,(H,31,33)/t24-/m1/s1. The van der Waals surface area contributed by atoms with Gasteiger partial charge in [0.2, 0.25) is 0 Å². The van der Waals surface area contributed by atoms with E-state index in [9.17, 15) is 26.4 Å². The van der Waals surface area contributed by atoms with Gasteiger partial charge in [-0.05, 0) is 60.3 Å². The number of alkyl halides is 3. The third-order valence-electron chi connectivity index (χ3n) is 5.56. The van der Waals surface area contributed by atoms with Crippen LogP contribution in [0.1, 0.15) is 18.9 Å². The summed E-state index contributed by atoms with van der Waals surface area (Å²) in [6.45, 7) is 1.81. The fraction of sp³-hybridized carbons (Fsp3) is 0.148. The third kappa shape index (κ3) is 6.21. The van der Waals surface area contributed by atoms with Gasteiger partial charge >= 0.3 is 6.18 Å². The molecule has 6 nitrogen and oxygen atoms in total. The Labute approximate surface area is 212 Å². The number of sulfonamides is 1. The lowest BCUT2D eigenvalue weighted by molar-refractivity contribution is -0.137. The Hall–Kier alpha value is -4.05. The van der Waals surface area contributed by atoms with Crippen molar-refractivity contribution in [3.05, 3.63) is 96.6 Å². The number of halogens is 3. The second-order valence-corrected chi connectivity index (χ2v) is 9.87. The molecule has 0 aliphatic carbocycles. The first-order chi connectivity index (χ1) is 17.6. The number of anilines is 2. The molecule has 0 aliphatic heterocycles. The Balaban J connectivity index is 1.45. The van der Waals surface area contributed by atoms with E-state index in [1.165, 1.54) is 30.3 Å². The number of rotatable bonds is 8. The van der Waals surface area contributed by atoms with E-state index >= 15 is 0 Å². The van der Waals surface area contributed by atoms with Gasteiger partial charge < -0.3 is 10.1 Å². The lowest BCUT2D eigenvalue weighted by Crippen LogP contribution is -2.32. The van der Waals surface area contributed by atoms with Gasteiger partial charge in [0.15, 0.2) is 6.10 Å². The summed E-state index contributed by atoms with van der Waals surface area (Å²) in [7, 11) is -4.16. The topological polar surface area (TPSA) is 84.5 Å². The molecule has 0 heterocycles. The van der Waals surface area contributed by atoms with Gasteiger partial charge in [0.05, 0.1) is 10.5 Å². The minimum atomic E-state index is -4.60. The Morgan fingerprint density at radius 3 is 2.27 bits per heavy atom. The molecule has 0 fully saturated rings. The average molecular weight is 529 g/mol. The van der Waals surface area contributed by atoms with Crippen molar-refractivity contribution in [2.45, 2.75) is 30.5 Å². The number of hydrogen-bond donors (Lipinski definition) is 2. The number of fused-ring (bicyclic) bond motifs is 1. The Bertz CT molecular complexity index is 1520. The summed E-state index contributed by atoms with van der Waals surface area (Å²) < 4.78 is 72.2. The van der Waals surface area contributed by atoms with Crippen molar-refractivity contribution in [2.75, 3.05) is 10.0 Å². The van der Waals surface area contributed by atoms with E-state index in [1.807, 2.05) is 43.3 Å². The molecule has 1 atom stereocenters. The van der Waals surface area contributed by atoms with E-state index in [2.05, 4.69) is 10.0 Å². The van der Waals surface area contributed by atoms with Crippen LogP contribution in [0.5, 0.6) is 5.75 Å². The molecule has 0 spiro atoms. The second-order valence-electron chi connectivity index (χ2n) is 8.19. The van der Waals surface area contributed by atoms with Crippen LogP contribution in [0.15, 0.2) is 95.9 Å². The molecular formula is C27H23F3N2O4S. The lowest BCUT2D eigenvalue weighted by atomic mass is 10.1. The largest absolute Gasteiger partial charge is 0.480 e. The number of ether oxygens (including phenoxy) is 1. The van der Waals surface area contributed by atoms with Gasteiger partial charge in [0.1, 0.15) is 5.75 Å². The number of amides is 1. The van der Waals surface area contributed by atoms with Gasteiger partial charge in [-0.15, -0.1) is 0 Å². The van der Waals surface area contributed by atoms with Gasteiger partial charge in [-0.1, -0.05) is 49.4 Å². The summed E-state index contributed by atoms with van der Waals surface area (Å²) in [5.41, 5.74) is -0.853. The summed E-state index contributed by atoms with van der Waals surface area (Å²) in [5.74, 6) is 0.162. The summed E-state index contributed by atoms with van der Waals surface area (Å²) in [6, 6.07) is 22.4. The van der Waals surface area contributed by atoms with E-state index in [1.54, 1.807) is 6.07 Å². The molecule has 0 bridgehead atoms. The van der Waals surface area contributed by atoms with E-state index in [4.69, 9.17) is 4.74 Å². The normalized spacial score (nSPS) is 12.6. The van der Waals surface area contributed by atoms with Crippen molar-refractivity contribution < 1.29 is 31.1 Å². The minimum Gasteiger partial charge on any atom is -0.480 e. The monoisotopic (exact) mass is 528 g/mol. The molecule has 4 aromatic carbocycles. The molecule has 0 aromatic heterocycles. The van der Waals surface area contributed by atoms with Gasteiger partial charge in [0, 0.05) is 16.8 Å². The minimum absolute atomic E-state index is 0.179. The van der Waals surface area contributed by atoms with Crippen molar-refractivity contribution >= 4 is 38.1 Å². The van der Waals surface area contributed by atoms with Gasteiger partial charge in [0.25, 0.3) is 15.9 Å². The molecule has 1 amide bonds. The van der Waals surface area contributed by atoms with Crippen molar-refractivity contribution in [3.8, 4) is 5.75 Å². The first-order valence-electron chi connectivity index (χ1n) is 11.3. The zero-order chi connectivity index (χ0) is 26.6. The van der Waals surface area contributed by atoms with Gasteiger partial charge in [-0.3, -0.25) is 9.52 Å². The molecule has 37 heavy (non-hydrogen) atoms. The Morgan fingerprint density at radius 2 is 1.57 bits per heavy atom. The average Bonchev–Trinajstić information content (AvgIpc) is 2.87. The Morgan fingerprint density at radius 1 is 0.892 bits per heavy atom. The summed E-state index contributed by atoms with van der Waals surface area (Å²) in [6.07, 6.45) is -5.01. The molecule has 0 radical (unpaired) electrons. The fourth-order valence-electron chi connectivity index (χ4n) is 3.69. The maximum Gasteiger partial charge on any atom is 0.416 e. The van der Waals surface area contributed by atoms with Crippen LogP contribution in [-0.2, 0) is 21.0 Å². The zero-order valence-corrected chi connectivity index (χ0v) is 20.4. The van der Waals surface area contributed by atoms with E-state index in [-0.39, 0.29) is 10.6 Å². The molecule has 0 aliphatic rings. The summed E-state index contributed by atoms with van der Waals surface area (Å²) in [5, 5.41) is 4.56. The van der Waals surface area contributed by atoms with Gasteiger partial charge in [-0.25, -0.2) is 8.42 Å². The molecule has 2 N–H and O–H groups in total. The maximum absolute atomic E-state index is 12.9. The third-order valence-corrected chi connectivity index (χ3v) is 6.95. The summed E-state index contributed by atoms with van der Waals surface area (Å²) in [4.78, 5) is 12.7. The van der Waals surface area contributed by atoms with Crippen LogP contribution < -0.4 is 14.8 Å². The summed E-state index contributed by atoms with van der Waals surface area (Å²) >= 11 is 0. The van der Waals surface area contributed by atoms with Crippen LogP contribution in [0.4, 0.5) is 24.5 Å². The maximum atomic E-state index is 12.9. The van der Waals surface area contributed by atoms with Crippen molar-refractivity contribution in [1.82, 2.24) is 0 Å². The molecule has 192 valence electrons. The van der Waals surface area contributed by atoms with E-state index in [0.717, 1.165) is 22.9 Å². The van der Waals surface area contributed by atoms with Crippen LogP contribution in [-0.4, -0.2) is 20.4 Å². The molecule has 10 heteroatoms. The zero-order valence-electron chi connectivity index (χ0n) is 19.6. The quantitative estimate of drug-likeness (QED) is 0.275. The SMILES string of the molecule is CC[C@@H](Oc1cccc2ccccc12)C(=O)Nc1ccc(S(=O)(=O)Nc2cccc(C(F)(F)F)c2)cc1. The van der Waals surface area contributed by atoms with Crippen molar-refractivity contribution in [2.24, 2.45) is 0 Å². The number of carbonyl (C=O) groups is 1. The van der Waals surface area contributed by atoms with Crippen LogP contribution in [0.3, 0.4) is 0 Å². The van der Waals surface area contributed by atoms with Crippen molar-refractivity contribution in [1.29, 1.82) is 0 Å². The fourth-order valence-corrected chi connectivity index (χ4v) is 4.74. The number of carbonyl (C=O) groups excluding carboxylic acids is 1. The number of hydrogen-bond acceptors (Lipinski definition) is 4. The van der Waals surface area contributed by atoms with E-state index in [0.29, 0.717) is 23.9 Å². The molecule has 0 saturated carbocycles. The molecule has 4 aromatic rings. The highest BCUT2D eigenvalue weighted by atomic mass is 32.2. The highest BCUT2D eigenvalue weighted by Gasteiger charge is 2.30. The smallest absolute Gasteiger partial charge is 0.416 e. The molecular weight excluding hydrogens is 505 g/mol. The predicted octanol–water partition coefficient (Wildman–Crippen LogP) is 6.46. The first kappa shape index (κ1) is 26.0.